The molecule has 0 unspecified atom stereocenters. The van der Waals surface area contributed by atoms with Crippen LogP contribution in [0.4, 0.5) is 13.2 Å². The van der Waals surface area contributed by atoms with Gasteiger partial charge in [-0.05, 0) is 6.92 Å². The number of nitrogens with zero attached hydrogens (tertiary/aromatic N) is 1. The average Bonchev–Trinajstić information content (AvgIpc) is 1.80. The molecular formula is C7H11F3N2. The lowest BCUT2D eigenvalue weighted by atomic mass is 10.5. The molecule has 0 aromatic heterocycles. The Morgan fingerprint density at radius 2 is 1.92 bits per heavy atom. The predicted molar refractivity (Wildman–Crippen MR) is 40.9 cm³/mol. The minimum absolute atomic E-state index is 0.145. The van der Waals surface area contributed by atoms with E-state index in [4.69, 9.17) is 5.73 Å². The average molecular weight is 180 g/mol. The Morgan fingerprint density at radius 1 is 1.42 bits per heavy atom. The maximum Gasteiger partial charge on any atom is 0.411 e. The molecule has 0 aliphatic heterocycles. The van der Waals surface area contributed by atoms with E-state index >= 15 is 0 Å². The van der Waals surface area contributed by atoms with Crippen LogP contribution >= 0.6 is 0 Å². The zero-order chi connectivity index (χ0) is 9.78. The smallest absolute Gasteiger partial charge is 0.401 e. The second-order valence-corrected chi connectivity index (χ2v) is 2.40. The Kier molecular flexibility index (Phi) is 3.66. The molecule has 0 aromatic carbocycles. The summed E-state index contributed by atoms with van der Waals surface area (Å²) in [4.78, 5) is 1.24. The van der Waals surface area contributed by atoms with Crippen LogP contribution < -0.4 is 5.73 Å². The molecule has 2 nitrogen and oxygen atoms in total. The maximum atomic E-state index is 11.6. The van der Waals surface area contributed by atoms with E-state index in [1.807, 2.05) is 0 Å². The lowest BCUT2D eigenvalue weighted by Gasteiger charge is -2.08. The van der Waals surface area contributed by atoms with Gasteiger partial charge in [0.05, 0.1) is 0 Å². The number of hydrogen-bond acceptors (Lipinski definition) is 2. The molecule has 12 heavy (non-hydrogen) atoms. The molecule has 70 valence electrons. The van der Waals surface area contributed by atoms with E-state index in [0.29, 0.717) is 5.70 Å². The van der Waals surface area contributed by atoms with Crippen molar-refractivity contribution in [2.45, 2.75) is 13.1 Å². The van der Waals surface area contributed by atoms with Gasteiger partial charge in [0.2, 0.25) is 0 Å². The third kappa shape index (κ3) is 6.98. The first-order valence-electron chi connectivity index (χ1n) is 3.23. The molecule has 0 atom stereocenters. The topological polar surface area (TPSA) is 29.3 Å². The monoisotopic (exact) mass is 180 g/mol. The minimum atomic E-state index is -4.27. The number of allylic oxidation sites excluding steroid dienone is 2. The van der Waals surface area contributed by atoms with Crippen LogP contribution in [0.25, 0.3) is 0 Å². The highest BCUT2D eigenvalue weighted by atomic mass is 19.4. The number of rotatable bonds is 2. The molecular weight excluding hydrogens is 169 g/mol. The lowest BCUT2D eigenvalue weighted by Crippen LogP contribution is -2.08. The first-order valence-corrected chi connectivity index (χ1v) is 3.23. The lowest BCUT2D eigenvalue weighted by molar-refractivity contribution is -0.0805. The number of nitrogens with two attached hydrogens (primary N) is 1. The molecule has 0 spiro atoms. The minimum Gasteiger partial charge on any atom is -0.401 e. The van der Waals surface area contributed by atoms with Crippen molar-refractivity contribution in [2.24, 2.45) is 5.73 Å². The number of alkyl halides is 3. The molecule has 0 aliphatic carbocycles. The van der Waals surface area contributed by atoms with E-state index in [1.165, 1.54) is 18.1 Å². The molecule has 0 aliphatic rings. The fourth-order valence-corrected chi connectivity index (χ4v) is 0.566. The van der Waals surface area contributed by atoms with Crippen LogP contribution in [0.5, 0.6) is 0 Å². The van der Waals surface area contributed by atoms with Crippen molar-refractivity contribution in [3.05, 3.63) is 24.2 Å². The van der Waals surface area contributed by atoms with E-state index in [-0.39, 0.29) is 6.08 Å². The Balaban J connectivity index is 4.10. The third-order valence-corrected chi connectivity index (χ3v) is 0.906. The molecule has 0 aromatic rings. The zero-order valence-corrected chi connectivity index (χ0v) is 6.89. The summed E-state index contributed by atoms with van der Waals surface area (Å²) in [7, 11) is 1.47. The predicted octanol–water partition coefficient (Wildman–Crippen LogP) is 1.81. The van der Waals surface area contributed by atoms with Gasteiger partial charge in [-0.3, -0.25) is 0 Å². The van der Waals surface area contributed by atoms with Crippen molar-refractivity contribution in [1.29, 1.82) is 0 Å². The first kappa shape index (κ1) is 10.9. The van der Waals surface area contributed by atoms with Crippen LogP contribution in [-0.4, -0.2) is 18.1 Å². The van der Waals surface area contributed by atoms with Gasteiger partial charge < -0.3 is 10.6 Å². The van der Waals surface area contributed by atoms with Gasteiger partial charge >= 0.3 is 6.18 Å². The standard InChI is InChI=1S/C7H11F3N2/c1-6(11)5-12(2)4-3-7(8,9)10/h3-5H,11H2,1-2H3/b4-3+,6-5+. The van der Waals surface area contributed by atoms with E-state index in [9.17, 15) is 13.2 Å². The van der Waals surface area contributed by atoms with Crippen molar-refractivity contribution in [3.8, 4) is 0 Å². The summed E-state index contributed by atoms with van der Waals surface area (Å²) >= 11 is 0. The van der Waals surface area contributed by atoms with Crippen LogP contribution in [0.1, 0.15) is 6.92 Å². The van der Waals surface area contributed by atoms with Gasteiger partial charge in [-0.15, -0.1) is 0 Å². The Morgan fingerprint density at radius 3 is 2.25 bits per heavy atom. The van der Waals surface area contributed by atoms with E-state index in [0.717, 1.165) is 6.20 Å². The first-order chi connectivity index (χ1) is 5.31. The molecule has 0 saturated heterocycles. The number of hydrogen-bond donors (Lipinski definition) is 1. The van der Waals surface area contributed by atoms with E-state index in [2.05, 4.69) is 0 Å². The van der Waals surface area contributed by atoms with Crippen molar-refractivity contribution in [3.63, 3.8) is 0 Å². The maximum absolute atomic E-state index is 11.6. The summed E-state index contributed by atoms with van der Waals surface area (Å²) in [6.07, 6.45) is -1.84. The fourth-order valence-electron chi connectivity index (χ4n) is 0.566. The van der Waals surface area contributed by atoms with Gasteiger partial charge in [-0.2, -0.15) is 13.2 Å². The second kappa shape index (κ2) is 4.04. The van der Waals surface area contributed by atoms with Crippen molar-refractivity contribution >= 4 is 0 Å². The highest BCUT2D eigenvalue weighted by Crippen LogP contribution is 2.16. The van der Waals surface area contributed by atoms with Crippen LogP contribution in [0.2, 0.25) is 0 Å². The Labute approximate surface area is 69.1 Å². The van der Waals surface area contributed by atoms with Crippen LogP contribution in [0, 0.1) is 0 Å². The summed E-state index contributed by atoms with van der Waals surface area (Å²) in [5.74, 6) is 0. The quantitative estimate of drug-likeness (QED) is 0.702. The normalized spacial score (nSPS) is 13.9. The third-order valence-electron chi connectivity index (χ3n) is 0.906. The molecule has 2 N–H and O–H groups in total. The number of halogens is 3. The molecule has 0 bridgehead atoms. The van der Waals surface area contributed by atoms with Gasteiger partial charge in [0.15, 0.2) is 0 Å². The van der Waals surface area contributed by atoms with Gasteiger partial charge in [0, 0.05) is 31.2 Å². The molecule has 5 heteroatoms. The summed E-state index contributed by atoms with van der Waals surface area (Å²) in [6, 6.07) is 0. The highest BCUT2D eigenvalue weighted by molar-refractivity contribution is 4.97. The molecule has 0 amide bonds. The van der Waals surface area contributed by atoms with Gasteiger partial charge in [0.25, 0.3) is 0 Å². The summed E-state index contributed by atoms with van der Waals surface area (Å²) in [5, 5.41) is 0. The summed E-state index contributed by atoms with van der Waals surface area (Å²) in [5.41, 5.74) is 5.69. The molecule has 0 fully saturated rings. The van der Waals surface area contributed by atoms with Crippen molar-refractivity contribution < 1.29 is 13.2 Å². The van der Waals surface area contributed by atoms with Crippen LogP contribution in [-0.2, 0) is 0 Å². The largest absolute Gasteiger partial charge is 0.411 e. The van der Waals surface area contributed by atoms with Crippen LogP contribution in [0.3, 0.4) is 0 Å². The van der Waals surface area contributed by atoms with E-state index < -0.39 is 6.18 Å². The van der Waals surface area contributed by atoms with Gasteiger partial charge in [0.1, 0.15) is 0 Å². The van der Waals surface area contributed by atoms with Gasteiger partial charge in [-0.1, -0.05) is 0 Å². The van der Waals surface area contributed by atoms with Gasteiger partial charge in [-0.25, -0.2) is 0 Å². The van der Waals surface area contributed by atoms with E-state index in [1.54, 1.807) is 6.92 Å². The SMILES string of the molecule is C/C(N)=C\N(C)/C=C/C(F)(F)F. The summed E-state index contributed by atoms with van der Waals surface area (Å²) < 4.78 is 34.8. The zero-order valence-electron chi connectivity index (χ0n) is 6.89. The molecule has 0 saturated carbocycles. The van der Waals surface area contributed by atoms with Crippen LogP contribution in [0.15, 0.2) is 24.2 Å². The second-order valence-electron chi connectivity index (χ2n) is 2.40. The molecule has 0 radical (unpaired) electrons. The van der Waals surface area contributed by atoms with Crippen molar-refractivity contribution in [2.75, 3.05) is 7.05 Å². The van der Waals surface area contributed by atoms with Crippen molar-refractivity contribution in [1.82, 2.24) is 4.90 Å². The summed E-state index contributed by atoms with van der Waals surface area (Å²) in [6.45, 7) is 1.60. The fraction of sp³-hybridized carbons (Fsp3) is 0.429. The Bertz CT molecular complexity index is 189. The molecule has 0 heterocycles. The Hall–Kier alpha value is -1.13. The highest BCUT2D eigenvalue weighted by Gasteiger charge is 2.21. The molecule has 0 rings (SSSR count).